The van der Waals surface area contributed by atoms with Gasteiger partial charge in [-0.05, 0) is 78.6 Å². The largest absolute Gasteiger partial charge is 0.757 e. The fourth-order valence-corrected chi connectivity index (χ4v) is 8.70. The Labute approximate surface area is 175 Å². The van der Waals surface area contributed by atoms with Gasteiger partial charge in [-0.2, -0.15) is 0 Å². The van der Waals surface area contributed by atoms with E-state index in [0.717, 1.165) is 0 Å². The molecule has 0 radical (unpaired) electrons. The minimum Gasteiger partial charge on any atom is -0.757 e. The molecular weight excluding hydrogens is 451 g/mol. The molecule has 0 amide bonds. The maximum Gasteiger partial charge on any atom is 0.324 e. The summed E-state index contributed by atoms with van der Waals surface area (Å²) in [6.45, 7) is 22.6. The molecule has 28 heavy (non-hydrogen) atoms. The van der Waals surface area contributed by atoms with Crippen molar-refractivity contribution in [2.45, 2.75) is 84.7 Å². The van der Waals surface area contributed by atoms with Crippen LogP contribution in [0, 0.1) is 0 Å². The molecule has 0 aliphatic heterocycles. The Morgan fingerprint density at radius 1 is 0.821 bits per heavy atom. The average Bonchev–Trinajstić information content (AvgIpc) is 2.26. The van der Waals surface area contributed by atoms with Crippen molar-refractivity contribution in [3.05, 3.63) is 0 Å². The monoisotopic (exact) mass is 491 g/mol. The van der Waals surface area contributed by atoms with Crippen LogP contribution in [0.15, 0.2) is 0 Å². The summed E-state index contributed by atoms with van der Waals surface area (Å²) in [6.07, 6.45) is -1.15. The summed E-state index contributed by atoms with van der Waals surface area (Å²) >= 11 is 0. The molecule has 1 atom stereocenters. The minimum absolute atomic E-state index is 0.0407. The second-order valence-electron chi connectivity index (χ2n) is 10.3. The second kappa shape index (κ2) is 11.1. The molecule has 1 unspecified atom stereocenters. The molecule has 0 aromatic heterocycles. The molecule has 0 heterocycles. The topological polar surface area (TPSA) is 114 Å². The minimum atomic E-state index is -4.06. The smallest absolute Gasteiger partial charge is 0.324 e. The lowest BCUT2D eigenvalue weighted by atomic mass is 10.4. The van der Waals surface area contributed by atoms with Crippen LogP contribution in [0.4, 0.5) is 0 Å². The number of carbonyl (C=O) groups excluding carboxylic acids is 1. The number of rotatable bonds is 9. The van der Waals surface area contributed by atoms with Crippen LogP contribution in [0.5, 0.6) is 0 Å². The van der Waals surface area contributed by atoms with Crippen molar-refractivity contribution in [2.24, 2.45) is 0 Å². The lowest BCUT2D eigenvalue weighted by molar-refractivity contribution is -0.210. The van der Waals surface area contributed by atoms with E-state index < -0.39 is 53.2 Å². The van der Waals surface area contributed by atoms with Crippen molar-refractivity contribution in [3.8, 4) is 0 Å². The summed E-state index contributed by atoms with van der Waals surface area (Å²) in [6, 6.07) is 0. The van der Waals surface area contributed by atoms with Gasteiger partial charge in [0.05, 0.1) is 6.61 Å². The van der Waals surface area contributed by atoms with E-state index in [2.05, 4.69) is 0 Å². The Balaban J connectivity index is 0. The van der Waals surface area contributed by atoms with E-state index in [-0.39, 0.29) is 6.61 Å². The van der Waals surface area contributed by atoms with E-state index in [1.165, 1.54) is 0 Å². The molecule has 0 rings (SSSR count). The zero-order chi connectivity index (χ0) is 23.2. The molecule has 0 spiro atoms. The van der Waals surface area contributed by atoms with Gasteiger partial charge in [0, 0.05) is 0 Å². The Morgan fingerprint density at radius 2 is 1.18 bits per heavy atom. The Bertz CT molecular complexity index is 512. The third-order valence-electron chi connectivity index (χ3n) is 2.12. The van der Waals surface area contributed by atoms with Crippen LogP contribution in [0.25, 0.3) is 0 Å². The molecule has 13 heteroatoms. The first-order valence-corrected chi connectivity index (χ1v) is 24.3. The Morgan fingerprint density at radius 3 is 1.43 bits per heavy atom. The summed E-state index contributed by atoms with van der Waals surface area (Å²) in [5, 5.41) is 9.49. The second-order valence-corrected chi connectivity index (χ2v) is 30.1. The van der Waals surface area contributed by atoms with Crippen LogP contribution in [-0.2, 0) is 26.6 Å². The lowest BCUT2D eigenvalue weighted by Gasteiger charge is -2.34. The van der Waals surface area contributed by atoms with Gasteiger partial charge in [-0.15, -0.1) is 0 Å². The SMILES string of the molecule is C[Si](C)(C)OCC(O)C(=O)O[Si](C)(C)C.C[Si](C)(C)OP(=O)([O-])O[Si](C)(C)C. The number of carbonyl (C=O) groups is 1. The van der Waals surface area contributed by atoms with E-state index in [4.69, 9.17) is 17.3 Å². The Kier molecular flexibility index (Phi) is 12.1. The first-order valence-electron chi connectivity index (χ1n) is 9.20. The highest BCUT2D eigenvalue weighted by atomic mass is 31.2. The van der Waals surface area contributed by atoms with Gasteiger partial charge in [0.15, 0.2) is 31.1 Å². The molecular formula is C15H40O8PSi4-. The van der Waals surface area contributed by atoms with E-state index in [1.807, 2.05) is 78.6 Å². The molecule has 0 bridgehead atoms. The van der Waals surface area contributed by atoms with Gasteiger partial charge in [0.1, 0.15) is 0 Å². The fourth-order valence-electron chi connectivity index (χ4n) is 1.46. The molecule has 0 aromatic rings. The summed E-state index contributed by atoms with van der Waals surface area (Å²) in [5.41, 5.74) is 0. The first-order chi connectivity index (χ1) is 11.9. The number of aliphatic hydroxyl groups excluding tert-OH is 1. The normalized spacial score (nSPS) is 14.8. The van der Waals surface area contributed by atoms with Crippen LogP contribution in [-0.4, -0.2) is 57.1 Å². The standard InChI is InChI=1S/C9H22O4Si2.C6H19O4PSi2/c1-14(2,3)12-7-8(10)9(11)13-15(4,5)6;1-12(2,3)9-11(7,8)10-13(4,5)6/h8,10H,7H2,1-6H3;1-6H3,(H,7,8)/p-1. The van der Waals surface area contributed by atoms with Crippen LogP contribution >= 0.6 is 7.82 Å². The first kappa shape index (κ1) is 30.6. The van der Waals surface area contributed by atoms with Gasteiger partial charge in [-0.1, -0.05) is 0 Å². The highest BCUT2D eigenvalue weighted by molar-refractivity contribution is 7.49. The highest BCUT2D eigenvalue weighted by Gasteiger charge is 2.28. The van der Waals surface area contributed by atoms with E-state index >= 15 is 0 Å². The van der Waals surface area contributed by atoms with Crippen molar-refractivity contribution in [1.29, 1.82) is 0 Å². The van der Waals surface area contributed by atoms with Crippen LogP contribution in [0.3, 0.4) is 0 Å². The summed E-state index contributed by atoms with van der Waals surface area (Å²) in [5.74, 6) is -0.563. The van der Waals surface area contributed by atoms with Crippen molar-refractivity contribution in [3.63, 3.8) is 0 Å². The predicted molar refractivity (Wildman–Crippen MR) is 121 cm³/mol. The van der Waals surface area contributed by atoms with Gasteiger partial charge in [-0.25, -0.2) is 0 Å². The van der Waals surface area contributed by atoms with Crippen LogP contribution in [0.2, 0.25) is 78.6 Å². The van der Waals surface area contributed by atoms with Gasteiger partial charge >= 0.3 is 5.97 Å². The molecule has 0 aliphatic carbocycles. The van der Waals surface area contributed by atoms with E-state index in [0.29, 0.717) is 0 Å². The molecule has 0 saturated heterocycles. The fraction of sp³-hybridized carbons (Fsp3) is 0.933. The molecule has 170 valence electrons. The molecule has 0 aromatic carbocycles. The molecule has 1 N–H and O–H groups in total. The Hall–Kier alpha value is 0.368. The molecule has 0 aliphatic rings. The van der Waals surface area contributed by atoms with Gasteiger partial charge in [0.2, 0.25) is 16.1 Å². The quantitative estimate of drug-likeness (QED) is 0.383. The van der Waals surface area contributed by atoms with Crippen LogP contribution in [0.1, 0.15) is 0 Å². The third kappa shape index (κ3) is 22.7. The van der Waals surface area contributed by atoms with Crippen molar-refractivity contribution in [1.82, 2.24) is 0 Å². The number of hydrogen-bond acceptors (Lipinski definition) is 8. The van der Waals surface area contributed by atoms with Crippen molar-refractivity contribution < 1.29 is 36.6 Å². The third-order valence-corrected chi connectivity index (χ3v) is 10.1. The van der Waals surface area contributed by atoms with Gasteiger partial charge in [-0.3, -0.25) is 9.36 Å². The summed E-state index contributed by atoms with van der Waals surface area (Å²) in [4.78, 5) is 22.7. The van der Waals surface area contributed by atoms with E-state index in [9.17, 15) is 19.4 Å². The number of aliphatic hydroxyl groups is 1. The summed E-state index contributed by atoms with van der Waals surface area (Å²) in [7, 11) is -11.8. The molecule has 0 saturated carbocycles. The van der Waals surface area contributed by atoms with Gasteiger partial charge in [0.25, 0.3) is 0 Å². The lowest BCUT2D eigenvalue weighted by Crippen LogP contribution is -2.39. The maximum atomic E-state index is 11.4. The van der Waals surface area contributed by atoms with Crippen molar-refractivity contribution >= 4 is 47.1 Å². The zero-order valence-electron chi connectivity index (χ0n) is 19.5. The summed E-state index contributed by atoms with van der Waals surface area (Å²) < 4.78 is 31.8. The van der Waals surface area contributed by atoms with E-state index in [1.54, 1.807) is 0 Å². The average molecular weight is 492 g/mol. The number of phosphoric acid groups is 1. The molecule has 0 fully saturated rings. The number of hydrogen-bond donors (Lipinski definition) is 1. The zero-order valence-corrected chi connectivity index (χ0v) is 24.4. The molecule has 8 nitrogen and oxygen atoms in total. The van der Waals surface area contributed by atoms with Crippen LogP contribution < -0.4 is 4.89 Å². The van der Waals surface area contributed by atoms with Crippen molar-refractivity contribution in [2.75, 3.05) is 6.61 Å². The maximum absolute atomic E-state index is 11.4. The highest BCUT2D eigenvalue weighted by Crippen LogP contribution is 2.44. The predicted octanol–water partition coefficient (Wildman–Crippen LogP) is 3.73. The van der Waals surface area contributed by atoms with Gasteiger partial charge < -0.3 is 27.3 Å².